The van der Waals surface area contributed by atoms with Crippen LogP contribution in [-0.2, 0) is 14.9 Å². The first kappa shape index (κ1) is 12.5. The average Bonchev–Trinajstić information content (AvgIpc) is 2.49. The van der Waals surface area contributed by atoms with E-state index in [1.807, 2.05) is 0 Å². The van der Waals surface area contributed by atoms with Gasteiger partial charge in [0, 0.05) is 18.7 Å². The van der Waals surface area contributed by atoms with Gasteiger partial charge in [0.05, 0.1) is 0 Å². The maximum absolute atomic E-state index is 11.2. The topological polar surface area (TPSA) is 129 Å². The Morgan fingerprint density at radius 2 is 2.19 bits per heavy atom. The van der Waals surface area contributed by atoms with Gasteiger partial charge in [-0.15, -0.1) is 0 Å². The number of nitrogens with one attached hydrogen (secondary N) is 1. The third-order valence-electron chi connectivity index (χ3n) is 1.91. The molecule has 3 N–H and O–H groups in total. The number of aliphatic carboxylic acids is 1. The highest BCUT2D eigenvalue weighted by Crippen LogP contribution is 2.17. The Kier molecular flexibility index (Phi) is 3.50. The largest absolute Gasteiger partial charge is 0.481 e. The van der Waals surface area contributed by atoms with Crippen LogP contribution >= 0.6 is 0 Å². The van der Waals surface area contributed by atoms with Gasteiger partial charge in [0.15, 0.2) is 5.37 Å². The monoisotopic (exact) mass is 250 g/mol. The van der Waals surface area contributed by atoms with E-state index in [4.69, 9.17) is 9.66 Å². The summed E-state index contributed by atoms with van der Waals surface area (Å²) in [6, 6.07) is 1.07. The van der Waals surface area contributed by atoms with E-state index in [1.165, 1.54) is 6.20 Å². The Bertz CT molecular complexity index is 527. The molecule has 1 unspecified atom stereocenters. The number of hydrogen-bond donors (Lipinski definition) is 3. The van der Waals surface area contributed by atoms with E-state index >= 15 is 0 Å². The average molecular weight is 250 g/mol. The summed E-state index contributed by atoms with van der Waals surface area (Å²) in [5.74, 6) is -1.21. The standard InChI is InChI=1S/C7H10N2O6S/c10-5-3-4-8-9(5)6(16(13,14)15)1-2-7(11)12/h3-4,6,8H,1-2H2,(H,11,12)(H,13,14,15). The molecule has 0 aliphatic heterocycles. The van der Waals surface area contributed by atoms with Gasteiger partial charge in [-0.3, -0.25) is 14.1 Å². The highest BCUT2D eigenvalue weighted by atomic mass is 32.2. The molecule has 0 aliphatic carbocycles. The lowest BCUT2D eigenvalue weighted by molar-refractivity contribution is -0.137. The van der Waals surface area contributed by atoms with E-state index in [1.54, 1.807) is 0 Å². The molecule has 0 bridgehead atoms. The fourth-order valence-corrected chi connectivity index (χ4v) is 2.06. The van der Waals surface area contributed by atoms with Gasteiger partial charge in [-0.2, -0.15) is 8.42 Å². The maximum atomic E-state index is 11.2. The normalized spacial score (nSPS) is 13.6. The summed E-state index contributed by atoms with van der Waals surface area (Å²) in [5, 5.41) is 9.12. The highest BCUT2D eigenvalue weighted by molar-refractivity contribution is 7.85. The number of carboxylic acids is 1. The molecule has 1 aromatic heterocycles. The zero-order valence-electron chi connectivity index (χ0n) is 8.03. The van der Waals surface area contributed by atoms with Crippen LogP contribution in [-0.4, -0.2) is 33.8 Å². The lowest BCUT2D eigenvalue weighted by Crippen LogP contribution is -2.28. The molecule has 1 heterocycles. The third kappa shape index (κ3) is 2.94. The fraction of sp³-hybridized carbons (Fsp3) is 0.429. The van der Waals surface area contributed by atoms with Gasteiger partial charge in [0.25, 0.3) is 15.7 Å². The Hall–Kier alpha value is -1.61. The van der Waals surface area contributed by atoms with E-state index in [0.29, 0.717) is 4.68 Å². The summed E-state index contributed by atoms with van der Waals surface area (Å²) >= 11 is 0. The van der Waals surface area contributed by atoms with Crippen molar-refractivity contribution in [1.29, 1.82) is 0 Å². The first-order chi connectivity index (χ1) is 7.32. The molecule has 0 aliphatic rings. The molecular formula is C7H10N2O6S. The van der Waals surface area contributed by atoms with Gasteiger partial charge in [-0.25, -0.2) is 4.68 Å². The second kappa shape index (κ2) is 4.49. The van der Waals surface area contributed by atoms with Gasteiger partial charge in [0.1, 0.15) is 0 Å². The number of H-pyrrole nitrogens is 1. The zero-order chi connectivity index (χ0) is 12.3. The molecular weight excluding hydrogens is 240 g/mol. The van der Waals surface area contributed by atoms with Crippen molar-refractivity contribution in [2.24, 2.45) is 0 Å². The van der Waals surface area contributed by atoms with Crippen LogP contribution in [0.25, 0.3) is 0 Å². The number of hydrogen-bond acceptors (Lipinski definition) is 4. The van der Waals surface area contributed by atoms with E-state index in [2.05, 4.69) is 5.10 Å². The molecule has 0 saturated heterocycles. The molecule has 0 amide bonds. The summed E-state index contributed by atoms with van der Waals surface area (Å²) in [7, 11) is -4.54. The van der Waals surface area contributed by atoms with Crippen molar-refractivity contribution in [3.63, 3.8) is 0 Å². The number of rotatable bonds is 5. The molecule has 0 aromatic carbocycles. The number of aromatic nitrogens is 2. The zero-order valence-corrected chi connectivity index (χ0v) is 8.85. The van der Waals surface area contributed by atoms with Crippen molar-refractivity contribution in [3.8, 4) is 0 Å². The summed E-state index contributed by atoms with van der Waals surface area (Å²) in [5.41, 5.74) is -0.659. The Labute approximate surface area is 90.2 Å². The minimum absolute atomic E-state index is 0.394. The second-order valence-corrected chi connectivity index (χ2v) is 4.65. The van der Waals surface area contributed by atoms with E-state index in [-0.39, 0.29) is 0 Å². The highest BCUT2D eigenvalue weighted by Gasteiger charge is 2.27. The Balaban J connectivity index is 3.03. The van der Waals surface area contributed by atoms with Gasteiger partial charge >= 0.3 is 5.97 Å². The van der Waals surface area contributed by atoms with Crippen LogP contribution in [0.4, 0.5) is 0 Å². The molecule has 1 atom stereocenters. The molecule has 16 heavy (non-hydrogen) atoms. The van der Waals surface area contributed by atoms with Crippen molar-refractivity contribution >= 4 is 16.1 Å². The van der Waals surface area contributed by atoms with Crippen LogP contribution in [0.15, 0.2) is 17.1 Å². The molecule has 0 fully saturated rings. The minimum Gasteiger partial charge on any atom is -0.481 e. The molecule has 0 saturated carbocycles. The minimum atomic E-state index is -4.54. The van der Waals surface area contributed by atoms with Crippen LogP contribution in [0.3, 0.4) is 0 Å². The molecule has 90 valence electrons. The molecule has 0 radical (unpaired) electrons. The van der Waals surface area contributed by atoms with Gasteiger partial charge in [-0.1, -0.05) is 0 Å². The predicted molar refractivity (Wildman–Crippen MR) is 52.5 cm³/mol. The summed E-state index contributed by atoms with van der Waals surface area (Å²) < 4.78 is 31.5. The van der Waals surface area contributed by atoms with Crippen molar-refractivity contribution in [3.05, 3.63) is 22.6 Å². The van der Waals surface area contributed by atoms with Crippen molar-refractivity contribution in [2.45, 2.75) is 18.2 Å². The quantitative estimate of drug-likeness (QED) is 0.600. The third-order valence-corrected chi connectivity index (χ3v) is 3.05. The van der Waals surface area contributed by atoms with E-state index < -0.39 is 39.9 Å². The fourth-order valence-electron chi connectivity index (χ4n) is 1.22. The SMILES string of the molecule is O=C(O)CCC(n1[nH]ccc1=O)S(=O)(=O)O. The van der Waals surface area contributed by atoms with Gasteiger partial charge in [-0.05, 0) is 6.42 Å². The number of nitrogens with zero attached hydrogens (tertiary/aromatic N) is 1. The summed E-state index contributed by atoms with van der Waals surface area (Å²) in [6.45, 7) is 0. The van der Waals surface area contributed by atoms with Gasteiger partial charge < -0.3 is 10.2 Å². The van der Waals surface area contributed by atoms with Crippen LogP contribution < -0.4 is 5.56 Å². The lowest BCUT2D eigenvalue weighted by atomic mass is 10.3. The first-order valence-corrected chi connectivity index (χ1v) is 5.76. The molecule has 9 heteroatoms. The molecule has 1 aromatic rings. The molecule has 8 nitrogen and oxygen atoms in total. The van der Waals surface area contributed by atoms with Crippen LogP contribution in [0, 0.1) is 0 Å². The Morgan fingerprint density at radius 3 is 2.56 bits per heavy atom. The molecule has 1 rings (SSSR count). The van der Waals surface area contributed by atoms with E-state index in [9.17, 15) is 18.0 Å². The Morgan fingerprint density at radius 1 is 1.56 bits per heavy atom. The number of aromatic amines is 1. The van der Waals surface area contributed by atoms with E-state index in [0.717, 1.165) is 6.07 Å². The van der Waals surface area contributed by atoms with Crippen LogP contribution in [0.5, 0.6) is 0 Å². The van der Waals surface area contributed by atoms with Crippen LogP contribution in [0.2, 0.25) is 0 Å². The van der Waals surface area contributed by atoms with Crippen molar-refractivity contribution in [2.75, 3.05) is 0 Å². The summed E-state index contributed by atoms with van der Waals surface area (Å²) in [4.78, 5) is 21.5. The first-order valence-electron chi connectivity index (χ1n) is 4.26. The van der Waals surface area contributed by atoms with Crippen molar-refractivity contribution < 1.29 is 22.9 Å². The maximum Gasteiger partial charge on any atom is 0.303 e. The second-order valence-electron chi connectivity index (χ2n) is 3.07. The van der Waals surface area contributed by atoms with Crippen LogP contribution in [0.1, 0.15) is 18.2 Å². The number of carboxylic acid groups (broad SMARTS) is 1. The molecule has 0 spiro atoms. The smallest absolute Gasteiger partial charge is 0.303 e. The summed E-state index contributed by atoms with van der Waals surface area (Å²) in [6.07, 6.45) is 0.325. The number of carbonyl (C=O) groups is 1. The van der Waals surface area contributed by atoms with Crippen molar-refractivity contribution in [1.82, 2.24) is 9.78 Å². The van der Waals surface area contributed by atoms with Gasteiger partial charge in [0.2, 0.25) is 0 Å². The lowest BCUT2D eigenvalue weighted by Gasteiger charge is -2.13. The predicted octanol–water partition coefficient (Wildman–Crippen LogP) is -0.572.